The highest BCUT2D eigenvalue weighted by Gasteiger charge is 2.15. The van der Waals surface area contributed by atoms with Gasteiger partial charge in [0, 0.05) is 28.4 Å². The SMILES string of the molecule is Cc1c(C)c2c(C)cn(CC(C)N=[N+]=[N-])c2c2ccccc12. The van der Waals surface area contributed by atoms with Crippen LogP contribution in [-0.2, 0) is 6.54 Å². The molecule has 1 heterocycles. The van der Waals surface area contributed by atoms with Crippen molar-refractivity contribution in [2.75, 3.05) is 0 Å². The molecule has 0 fully saturated rings. The normalized spacial score (nSPS) is 12.5. The number of hydrogen-bond acceptors (Lipinski definition) is 1. The highest BCUT2D eigenvalue weighted by atomic mass is 15.2. The summed E-state index contributed by atoms with van der Waals surface area (Å²) in [5, 5.41) is 7.70. The lowest BCUT2D eigenvalue weighted by Gasteiger charge is -2.13. The van der Waals surface area contributed by atoms with Crippen molar-refractivity contribution in [3.63, 3.8) is 0 Å². The van der Waals surface area contributed by atoms with E-state index in [0.29, 0.717) is 6.54 Å². The van der Waals surface area contributed by atoms with Gasteiger partial charge in [-0.1, -0.05) is 36.3 Å². The summed E-state index contributed by atoms with van der Waals surface area (Å²) < 4.78 is 2.23. The Morgan fingerprint density at radius 1 is 1.14 bits per heavy atom. The lowest BCUT2D eigenvalue weighted by molar-refractivity contribution is 0.602. The monoisotopic (exact) mass is 292 g/mol. The van der Waals surface area contributed by atoms with Crippen LogP contribution < -0.4 is 0 Å². The number of benzene rings is 2. The van der Waals surface area contributed by atoms with Gasteiger partial charge in [0.1, 0.15) is 0 Å². The summed E-state index contributed by atoms with van der Waals surface area (Å²) >= 11 is 0. The zero-order valence-electron chi connectivity index (χ0n) is 13.5. The largest absolute Gasteiger partial charge is 0.346 e. The van der Waals surface area contributed by atoms with Crippen LogP contribution in [0.3, 0.4) is 0 Å². The zero-order valence-corrected chi connectivity index (χ0v) is 13.5. The van der Waals surface area contributed by atoms with E-state index in [-0.39, 0.29) is 6.04 Å². The van der Waals surface area contributed by atoms with E-state index >= 15 is 0 Å². The van der Waals surface area contributed by atoms with Gasteiger partial charge in [0.25, 0.3) is 0 Å². The van der Waals surface area contributed by atoms with Crippen LogP contribution in [0.2, 0.25) is 0 Å². The average molecular weight is 292 g/mol. The molecule has 2 aromatic carbocycles. The Bertz CT molecular complexity index is 914. The number of rotatable bonds is 3. The molecular weight excluding hydrogens is 272 g/mol. The molecule has 1 unspecified atom stereocenters. The first kappa shape index (κ1) is 14.5. The summed E-state index contributed by atoms with van der Waals surface area (Å²) in [6.45, 7) is 9.18. The second kappa shape index (κ2) is 5.39. The molecule has 0 radical (unpaired) electrons. The van der Waals surface area contributed by atoms with E-state index < -0.39 is 0 Å². The number of aryl methyl sites for hydroxylation is 3. The molecule has 112 valence electrons. The Morgan fingerprint density at radius 2 is 1.82 bits per heavy atom. The van der Waals surface area contributed by atoms with Crippen LogP contribution >= 0.6 is 0 Å². The number of fused-ring (bicyclic) bond motifs is 3. The maximum atomic E-state index is 8.63. The van der Waals surface area contributed by atoms with E-state index in [4.69, 9.17) is 5.53 Å². The predicted molar refractivity (Wildman–Crippen MR) is 92.3 cm³/mol. The van der Waals surface area contributed by atoms with Crippen LogP contribution in [0.25, 0.3) is 32.1 Å². The smallest absolute Gasteiger partial charge is 0.0565 e. The third-order valence-corrected chi connectivity index (χ3v) is 4.50. The van der Waals surface area contributed by atoms with Crippen molar-refractivity contribution in [3.8, 4) is 0 Å². The van der Waals surface area contributed by atoms with E-state index in [0.717, 1.165) is 0 Å². The quantitative estimate of drug-likeness (QED) is 0.352. The first-order chi connectivity index (χ1) is 10.5. The molecule has 1 aromatic heterocycles. The maximum absolute atomic E-state index is 8.63. The molecule has 3 aromatic rings. The second-order valence-corrected chi connectivity index (χ2v) is 6.04. The number of aromatic nitrogens is 1. The van der Waals surface area contributed by atoms with Crippen molar-refractivity contribution in [2.24, 2.45) is 5.11 Å². The Morgan fingerprint density at radius 3 is 2.50 bits per heavy atom. The van der Waals surface area contributed by atoms with Crippen LogP contribution in [0.1, 0.15) is 23.6 Å². The van der Waals surface area contributed by atoms with Gasteiger partial charge in [-0.3, -0.25) is 0 Å². The van der Waals surface area contributed by atoms with Gasteiger partial charge in [-0.15, -0.1) is 0 Å². The van der Waals surface area contributed by atoms with E-state index in [9.17, 15) is 0 Å². The fourth-order valence-electron chi connectivity index (χ4n) is 3.42. The molecule has 0 aliphatic carbocycles. The molecule has 0 bridgehead atoms. The summed E-state index contributed by atoms with van der Waals surface area (Å²) in [6, 6.07) is 8.46. The Hall–Kier alpha value is -2.45. The topological polar surface area (TPSA) is 53.7 Å². The molecule has 0 N–H and O–H groups in total. The molecule has 4 nitrogen and oxygen atoms in total. The summed E-state index contributed by atoms with van der Waals surface area (Å²) in [5.74, 6) is 0. The van der Waals surface area contributed by atoms with E-state index in [1.807, 2.05) is 6.92 Å². The fraction of sp³-hybridized carbons (Fsp3) is 0.333. The average Bonchev–Trinajstić information content (AvgIpc) is 2.81. The van der Waals surface area contributed by atoms with Gasteiger partial charge < -0.3 is 4.57 Å². The molecule has 0 amide bonds. The van der Waals surface area contributed by atoms with Crippen molar-refractivity contribution < 1.29 is 0 Å². The predicted octanol–water partition coefficient (Wildman–Crippen LogP) is 5.42. The molecule has 22 heavy (non-hydrogen) atoms. The number of nitrogens with zero attached hydrogens (tertiary/aromatic N) is 4. The Balaban J connectivity index is 2.38. The van der Waals surface area contributed by atoms with Crippen molar-refractivity contribution in [2.45, 2.75) is 40.3 Å². The summed E-state index contributed by atoms with van der Waals surface area (Å²) in [7, 11) is 0. The van der Waals surface area contributed by atoms with Crippen LogP contribution in [0.15, 0.2) is 35.6 Å². The highest BCUT2D eigenvalue weighted by Crippen LogP contribution is 2.35. The maximum Gasteiger partial charge on any atom is 0.0565 e. The van der Waals surface area contributed by atoms with Crippen molar-refractivity contribution in [1.82, 2.24) is 4.57 Å². The molecular formula is C18H20N4. The van der Waals surface area contributed by atoms with E-state index in [1.54, 1.807) is 0 Å². The summed E-state index contributed by atoms with van der Waals surface area (Å²) in [5.41, 5.74) is 13.8. The summed E-state index contributed by atoms with van der Waals surface area (Å²) in [4.78, 5) is 2.92. The van der Waals surface area contributed by atoms with Gasteiger partial charge in [0.15, 0.2) is 0 Å². The molecule has 0 saturated carbocycles. The van der Waals surface area contributed by atoms with Gasteiger partial charge in [-0.05, 0) is 48.4 Å². The van der Waals surface area contributed by atoms with Crippen LogP contribution in [0, 0.1) is 20.8 Å². The van der Waals surface area contributed by atoms with Gasteiger partial charge in [-0.2, -0.15) is 0 Å². The minimum absolute atomic E-state index is 0.0691. The Labute approximate surface area is 130 Å². The van der Waals surface area contributed by atoms with Gasteiger partial charge in [-0.25, -0.2) is 0 Å². The van der Waals surface area contributed by atoms with Crippen LogP contribution in [0.4, 0.5) is 0 Å². The van der Waals surface area contributed by atoms with Gasteiger partial charge in [0.2, 0.25) is 0 Å². The third-order valence-electron chi connectivity index (χ3n) is 4.50. The second-order valence-electron chi connectivity index (χ2n) is 6.04. The standard InChI is InChI=1S/C18H20N4/c1-11-9-22(10-12(2)20-21-19)18-16-8-6-5-7-15(16)13(3)14(4)17(11)18/h5-9,12H,10H2,1-4H3. The van der Waals surface area contributed by atoms with Crippen molar-refractivity contribution in [3.05, 3.63) is 57.6 Å². The fourth-order valence-corrected chi connectivity index (χ4v) is 3.42. The first-order valence-electron chi connectivity index (χ1n) is 7.56. The first-order valence-corrected chi connectivity index (χ1v) is 7.56. The molecule has 1 atom stereocenters. The zero-order chi connectivity index (χ0) is 15.9. The van der Waals surface area contributed by atoms with Gasteiger partial charge >= 0.3 is 0 Å². The van der Waals surface area contributed by atoms with Crippen LogP contribution in [0.5, 0.6) is 0 Å². The lowest BCUT2D eigenvalue weighted by Crippen LogP contribution is -2.09. The minimum atomic E-state index is -0.0691. The van der Waals surface area contributed by atoms with Crippen molar-refractivity contribution in [1.29, 1.82) is 0 Å². The molecule has 0 aliphatic heterocycles. The summed E-state index contributed by atoms with van der Waals surface area (Å²) in [6.07, 6.45) is 2.17. The van der Waals surface area contributed by atoms with Gasteiger partial charge in [0.05, 0.1) is 11.6 Å². The minimum Gasteiger partial charge on any atom is -0.346 e. The number of hydrogen-bond donors (Lipinski definition) is 0. The molecule has 4 heteroatoms. The van der Waals surface area contributed by atoms with Crippen molar-refractivity contribution >= 4 is 21.7 Å². The number of azide groups is 1. The molecule has 3 rings (SSSR count). The van der Waals surface area contributed by atoms with E-state index in [1.165, 1.54) is 38.4 Å². The molecule has 0 spiro atoms. The third kappa shape index (κ3) is 2.13. The lowest BCUT2D eigenvalue weighted by atomic mass is 9.95. The highest BCUT2D eigenvalue weighted by molar-refractivity contribution is 6.10. The van der Waals surface area contributed by atoms with E-state index in [2.05, 4.69) is 65.8 Å². The molecule has 0 saturated heterocycles. The molecule has 0 aliphatic rings. The van der Waals surface area contributed by atoms with Crippen LogP contribution in [-0.4, -0.2) is 10.6 Å². The Kier molecular flexibility index (Phi) is 3.55.